The second-order valence-electron chi connectivity index (χ2n) is 4.38. The summed E-state index contributed by atoms with van der Waals surface area (Å²) in [5.41, 5.74) is 7.37. The molecule has 0 saturated carbocycles. The Morgan fingerprint density at radius 1 is 1.25 bits per heavy atom. The summed E-state index contributed by atoms with van der Waals surface area (Å²) in [6.45, 7) is 3.35. The van der Waals surface area contributed by atoms with Crippen LogP contribution in [0.4, 0.5) is 5.69 Å². The zero-order chi connectivity index (χ0) is 13.9. The highest BCUT2D eigenvalue weighted by Crippen LogP contribution is 2.17. The van der Waals surface area contributed by atoms with Crippen molar-refractivity contribution in [1.29, 1.82) is 0 Å². The third-order valence-corrected chi connectivity index (χ3v) is 2.98. The molecule has 2 heterocycles. The van der Waals surface area contributed by atoms with Gasteiger partial charge in [0.05, 0.1) is 0 Å². The average Bonchev–Trinajstić information content (AvgIpc) is 3.08. The first-order valence-corrected chi connectivity index (χ1v) is 6.38. The van der Waals surface area contributed by atoms with Crippen LogP contribution in [0.3, 0.4) is 0 Å². The maximum absolute atomic E-state index is 5.77. The average molecular weight is 269 g/mol. The molecule has 3 rings (SSSR count). The Balaban J connectivity index is 1.84. The fourth-order valence-corrected chi connectivity index (χ4v) is 2.00. The van der Waals surface area contributed by atoms with Crippen LogP contribution in [-0.2, 0) is 13.1 Å². The lowest BCUT2D eigenvalue weighted by atomic mass is 10.2. The van der Waals surface area contributed by atoms with Gasteiger partial charge in [-0.15, -0.1) is 0 Å². The maximum Gasteiger partial charge on any atom is 0.181 e. The minimum absolute atomic E-state index is 0.545. The Morgan fingerprint density at radius 3 is 2.95 bits per heavy atom. The fraction of sp³-hybridized carbons (Fsp3) is 0.231. The van der Waals surface area contributed by atoms with Crippen LogP contribution >= 0.6 is 0 Å². The number of nitrogens with zero attached hydrogens (tertiary/aromatic N) is 6. The highest BCUT2D eigenvalue weighted by Gasteiger charge is 2.08. The van der Waals surface area contributed by atoms with Gasteiger partial charge in [-0.2, -0.15) is 10.2 Å². The molecule has 0 fully saturated rings. The largest absolute Gasteiger partial charge is 0.399 e. The zero-order valence-electron chi connectivity index (χ0n) is 11.1. The van der Waals surface area contributed by atoms with Crippen molar-refractivity contribution in [3.63, 3.8) is 0 Å². The van der Waals surface area contributed by atoms with Gasteiger partial charge in [0, 0.05) is 17.8 Å². The van der Waals surface area contributed by atoms with E-state index in [1.165, 1.54) is 0 Å². The van der Waals surface area contributed by atoms with Crippen LogP contribution in [0.15, 0.2) is 36.9 Å². The Kier molecular flexibility index (Phi) is 3.16. The molecule has 20 heavy (non-hydrogen) atoms. The van der Waals surface area contributed by atoms with Crippen molar-refractivity contribution in [1.82, 2.24) is 29.5 Å². The molecule has 0 bridgehead atoms. The van der Waals surface area contributed by atoms with E-state index in [0.717, 1.165) is 17.9 Å². The lowest BCUT2D eigenvalue weighted by Crippen LogP contribution is -2.09. The molecule has 2 N–H and O–H groups in total. The number of aryl methyl sites for hydroxylation is 1. The first-order chi connectivity index (χ1) is 9.76. The topological polar surface area (TPSA) is 87.4 Å². The monoisotopic (exact) mass is 269 g/mol. The van der Waals surface area contributed by atoms with Crippen molar-refractivity contribution in [2.24, 2.45) is 0 Å². The number of aromatic nitrogens is 6. The number of hydrogen-bond acceptors (Lipinski definition) is 5. The van der Waals surface area contributed by atoms with E-state index in [1.807, 2.05) is 35.9 Å². The Bertz CT molecular complexity index is 713. The van der Waals surface area contributed by atoms with Gasteiger partial charge in [-0.1, -0.05) is 12.1 Å². The van der Waals surface area contributed by atoms with Crippen molar-refractivity contribution in [3.8, 4) is 11.4 Å². The molecule has 0 aliphatic carbocycles. The molecule has 0 radical (unpaired) electrons. The van der Waals surface area contributed by atoms with Crippen molar-refractivity contribution in [2.45, 2.75) is 20.0 Å². The minimum atomic E-state index is 0.545. The highest BCUT2D eigenvalue weighted by molar-refractivity contribution is 5.60. The number of anilines is 1. The van der Waals surface area contributed by atoms with E-state index < -0.39 is 0 Å². The standard InChI is InChI=1S/C13H15N7/c1-2-20-12(15-8-17-20)7-19-9-16-13(18-19)10-4-3-5-11(14)6-10/h3-6,8-9H,2,7,14H2,1H3. The zero-order valence-corrected chi connectivity index (χ0v) is 11.1. The second kappa shape index (κ2) is 5.12. The summed E-state index contributed by atoms with van der Waals surface area (Å²) in [5.74, 6) is 1.51. The van der Waals surface area contributed by atoms with E-state index in [0.29, 0.717) is 18.1 Å². The predicted octanol–water partition coefficient (Wildman–Crippen LogP) is 1.19. The first kappa shape index (κ1) is 12.3. The van der Waals surface area contributed by atoms with E-state index in [1.54, 1.807) is 17.3 Å². The SMILES string of the molecule is CCn1ncnc1Cn1cnc(-c2cccc(N)c2)n1. The van der Waals surface area contributed by atoms with Crippen LogP contribution in [-0.4, -0.2) is 29.5 Å². The Labute approximate surface area is 116 Å². The van der Waals surface area contributed by atoms with Gasteiger partial charge >= 0.3 is 0 Å². The van der Waals surface area contributed by atoms with Gasteiger partial charge in [0.15, 0.2) is 5.82 Å². The van der Waals surface area contributed by atoms with E-state index in [9.17, 15) is 0 Å². The van der Waals surface area contributed by atoms with Crippen LogP contribution in [0, 0.1) is 0 Å². The Hall–Kier alpha value is -2.70. The Morgan fingerprint density at radius 2 is 2.15 bits per heavy atom. The molecule has 0 atom stereocenters. The van der Waals surface area contributed by atoms with Gasteiger partial charge in [0.2, 0.25) is 0 Å². The number of rotatable bonds is 4. The highest BCUT2D eigenvalue weighted by atomic mass is 15.4. The van der Waals surface area contributed by atoms with Crippen LogP contribution < -0.4 is 5.73 Å². The molecule has 0 unspecified atom stereocenters. The van der Waals surface area contributed by atoms with Crippen LogP contribution in [0.1, 0.15) is 12.7 Å². The summed E-state index contributed by atoms with van der Waals surface area (Å²) in [6, 6.07) is 7.52. The number of benzene rings is 1. The van der Waals surface area contributed by atoms with Gasteiger partial charge in [0.25, 0.3) is 0 Å². The van der Waals surface area contributed by atoms with Gasteiger partial charge in [0.1, 0.15) is 25.0 Å². The molecule has 0 spiro atoms. The van der Waals surface area contributed by atoms with Crippen LogP contribution in [0.5, 0.6) is 0 Å². The summed E-state index contributed by atoms with van der Waals surface area (Å²) >= 11 is 0. The van der Waals surface area contributed by atoms with E-state index >= 15 is 0 Å². The summed E-state index contributed by atoms with van der Waals surface area (Å²) in [6.07, 6.45) is 3.24. The second-order valence-corrected chi connectivity index (χ2v) is 4.38. The number of nitrogen functional groups attached to an aromatic ring is 1. The first-order valence-electron chi connectivity index (χ1n) is 6.38. The molecular formula is C13H15N7. The van der Waals surface area contributed by atoms with E-state index in [-0.39, 0.29) is 0 Å². The molecule has 0 aliphatic rings. The minimum Gasteiger partial charge on any atom is -0.399 e. The van der Waals surface area contributed by atoms with Crippen molar-refractivity contribution in [3.05, 3.63) is 42.7 Å². The smallest absolute Gasteiger partial charge is 0.181 e. The van der Waals surface area contributed by atoms with Gasteiger partial charge in [-0.25, -0.2) is 19.3 Å². The molecule has 0 aliphatic heterocycles. The van der Waals surface area contributed by atoms with Gasteiger partial charge < -0.3 is 5.73 Å². The number of hydrogen-bond donors (Lipinski definition) is 1. The third kappa shape index (κ3) is 2.37. The van der Waals surface area contributed by atoms with Gasteiger partial charge in [-0.3, -0.25) is 0 Å². The molecule has 7 nitrogen and oxygen atoms in total. The lowest BCUT2D eigenvalue weighted by Gasteiger charge is -2.02. The molecular weight excluding hydrogens is 254 g/mol. The predicted molar refractivity (Wildman–Crippen MR) is 74.7 cm³/mol. The molecule has 7 heteroatoms. The summed E-state index contributed by atoms with van der Waals surface area (Å²) < 4.78 is 3.58. The lowest BCUT2D eigenvalue weighted by molar-refractivity contribution is 0.568. The third-order valence-electron chi connectivity index (χ3n) is 2.98. The molecule has 102 valence electrons. The molecule has 0 amide bonds. The number of nitrogens with two attached hydrogens (primary N) is 1. The van der Waals surface area contributed by atoms with E-state index in [4.69, 9.17) is 5.73 Å². The van der Waals surface area contributed by atoms with Crippen molar-refractivity contribution < 1.29 is 0 Å². The quantitative estimate of drug-likeness (QED) is 0.719. The van der Waals surface area contributed by atoms with Crippen molar-refractivity contribution >= 4 is 5.69 Å². The summed E-state index contributed by atoms with van der Waals surface area (Å²) in [5, 5.41) is 8.58. The van der Waals surface area contributed by atoms with Crippen molar-refractivity contribution in [2.75, 3.05) is 5.73 Å². The summed E-state index contributed by atoms with van der Waals surface area (Å²) in [4.78, 5) is 8.52. The van der Waals surface area contributed by atoms with Gasteiger partial charge in [-0.05, 0) is 19.1 Å². The maximum atomic E-state index is 5.77. The van der Waals surface area contributed by atoms with Crippen LogP contribution in [0.25, 0.3) is 11.4 Å². The molecule has 0 saturated heterocycles. The fourth-order valence-electron chi connectivity index (χ4n) is 2.00. The normalized spacial score (nSPS) is 10.8. The molecule has 1 aromatic carbocycles. The molecule has 2 aromatic heterocycles. The summed E-state index contributed by atoms with van der Waals surface area (Å²) in [7, 11) is 0. The van der Waals surface area contributed by atoms with E-state index in [2.05, 4.69) is 20.2 Å². The molecule has 3 aromatic rings. The van der Waals surface area contributed by atoms with Crippen LogP contribution in [0.2, 0.25) is 0 Å².